The second-order valence-corrected chi connectivity index (χ2v) is 7.66. The minimum absolute atomic E-state index is 0.0757. The summed E-state index contributed by atoms with van der Waals surface area (Å²) in [5, 5.41) is 15.8. The van der Waals surface area contributed by atoms with Crippen molar-refractivity contribution >= 4 is 35.1 Å². The third-order valence-electron chi connectivity index (χ3n) is 4.02. The number of thioether (sulfide) groups is 1. The van der Waals surface area contributed by atoms with E-state index in [0.717, 1.165) is 5.56 Å². The predicted octanol–water partition coefficient (Wildman–Crippen LogP) is 4.46. The molecule has 2 aromatic carbocycles. The summed E-state index contributed by atoms with van der Waals surface area (Å²) in [4.78, 5) is 12.0. The first kappa shape index (κ1) is 20.2. The Hall–Kier alpha value is -2.57. The molecule has 0 unspecified atom stereocenters. The number of nitrogens with zero attached hydrogens (tertiary/aromatic N) is 2. The third kappa shape index (κ3) is 6.25. The molecule has 0 atom stereocenters. The van der Waals surface area contributed by atoms with Gasteiger partial charge >= 0.3 is 0 Å². The Morgan fingerprint density at radius 2 is 1.79 bits per heavy atom. The van der Waals surface area contributed by atoms with Crippen molar-refractivity contribution in [3.8, 4) is 0 Å². The van der Waals surface area contributed by atoms with Gasteiger partial charge in [-0.05, 0) is 36.2 Å². The maximum atomic E-state index is 12.0. The van der Waals surface area contributed by atoms with Gasteiger partial charge in [-0.3, -0.25) is 4.79 Å². The molecule has 3 aromatic rings. The molecule has 7 heteroatoms. The molecule has 5 nitrogen and oxygen atoms in total. The first-order valence-corrected chi connectivity index (χ1v) is 10.2. The van der Waals surface area contributed by atoms with Crippen molar-refractivity contribution in [3.63, 3.8) is 0 Å². The summed E-state index contributed by atoms with van der Waals surface area (Å²) in [5.41, 5.74) is 3.31. The number of halogens is 1. The van der Waals surface area contributed by atoms with Gasteiger partial charge in [-0.25, -0.2) is 0 Å². The number of carbonyl (C=O) groups excluding carboxylic acids is 1. The number of nitrogens with one attached hydrogen (secondary N) is 2. The Morgan fingerprint density at radius 1 is 1.00 bits per heavy atom. The van der Waals surface area contributed by atoms with E-state index < -0.39 is 0 Å². The largest absolute Gasteiger partial charge is 0.365 e. The summed E-state index contributed by atoms with van der Waals surface area (Å²) in [6.07, 6.45) is 0. The molecule has 0 radical (unpaired) electrons. The maximum absolute atomic E-state index is 12.0. The van der Waals surface area contributed by atoms with Gasteiger partial charge in [0.2, 0.25) is 5.91 Å². The van der Waals surface area contributed by atoms with Crippen LogP contribution < -0.4 is 10.6 Å². The molecule has 1 heterocycles. The fraction of sp³-hybridized carbons (Fsp3) is 0.190. The van der Waals surface area contributed by atoms with E-state index in [1.165, 1.54) is 22.9 Å². The monoisotopic (exact) mass is 412 g/mol. The lowest BCUT2D eigenvalue weighted by atomic mass is 10.1. The Bertz CT molecular complexity index is 916. The van der Waals surface area contributed by atoms with Crippen molar-refractivity contribution in [1.82, 2.24) is 15.5 Å². The summed E-state index contributed by atoms with van der Waals surface area (Å²) in [6, 6.07) is 19.5. The van der Waals surface area contributed by atoms with Gasteiger partial charge in [0.05, 0.1) is 5.75 Å². The Morgan fingerprint density at radius 3 is 2.50 bits per heavy atom. The lowest BCUT2D eigenvalue weighted by Gasteiger charge is -2.07. The minimum Gasteiger partial charge on any atom is -0.365 e. The van der Waals surface area contributed by atoms with Crippen molar-refractivity contribution in [3.05, 3.63) is 82.4 Å². The van der Waals surface area contributed by atoms with Crippen molar-refractivity contribution in [2.75, 3.05) is 11.1 Å². The minimum atomic E-state index is -0.0757. The van der Waals surface area contributed by atoms with E-state index >= 15 is 0 Å². The molecule has 3 rings (SSSR count). The number of carbonyl (C=O) groups is 1. The topological polar surface area (TPSA) is 66.9 Å². The van der Waals surface area contributed by atoms with E-state index in [2.05, 4.69) is 52.0 Å². The standard InChI is InChI=1S/C21H21ClN4OS/c1-15-6-8-16(9-7-15)12-23-19-10-11-21(26-25-19)28-14-20(27)24-13-17-4-2-3-5-18(17)22/h2-11H,12-14H2,1H3,(H,23,25)(H,24,27). The van der Waals surface area contributed by atoms with Gasteiger partial charge in [-0.1, -0.05) is 71.4 Å². The summed E-state index contributed by atoms with van der Waals surface area (Å²) in [7, 11) is 0. The van der Waals surface area contributed by atoms with Crippen molar-refractivity contribution in [2.24, 2.45) is 0 Å². The number of benzene rings is 2. The molecule has 28 heavy (non-hydrogen) atoms. The molecule has 1 amide bonds. The van der Waals surface area contributed by atoms with Crippen LogP contribution in [0, 0.1) is 6.92 Å². The van der Waals surface area contributed by atoms with E-state index in [4.69, 9.17) is 11.6 Å². The van der Waals surface area contributed by atoms with Crippen LogP contribution >= 0.6 is 23.4 Å². The van der Waals surface area contributed by atoms with E-state index in [9.17, 15) is 4.79 Å². The maximum Gasteiger partial charge on any atom is 0.230 e. The quantitative estimate of drug-likeness (QED) is 0.535. The fourth-order valence-electron chi connectivity index (χ4n) is 2.42. The van der Waals surface area contributed by atoms with Crippen LogP contribution in [0.3, 0.4) is 0 Å². The average molecular weight is 413 g/mol. The third-order valence-corrected chi connectivity index (χ3v) is 5.31. The van der Waals surface area contributed by atoms with Crippen molar-refractivity contribution < 1.29 is 4.79 Å². The highest BCUT2D eigenvalue weighted by Crippen LogP contribution is 2.17. The van der Waals surface area contributed by atoms with Gasteiger partial charge in [-0.2, -0.15) is 0 Å². The number of hydrogen-bond donors (Lipinski definition) is 2. The molecule has 0 spiro atoms. The smallest absolute Gasteiger partial charge is 0.230 e. The second kappa shape index (κ2) is 10.1. The van der Waals surface area contributed by atoms with E-state index in [-0.39, 0.29) is 11.7 Å². The molecule has 0 saturated heterocycles. The SMILES string of the molecule is Cc1ccc(CNc2ccc(SCC(=O)NCc3ccccc3Cl)nn2)cc1. The van der Waals surface area contributed by atoms with Gasteiger partial charge in [0.25, 0.3) is 0 Å². The molecular formula is C21H21ClN4OS. The van der Waals surface area contributed by atoms with Gasteiger partial charge in [0.15, 0.2) is 0 Å². The number of rotatable bonds is 8. The highest BCUT2D eigenvalue weighted by molar-refractivity contribution is 7.99. The fourth-order valence-corrected chi connectivity index (χ4v) is 3.26. The highest BCUT2D eigenvalue weighted by atomic mass is 35.5. The molecule has 0 bridgehead atoms. The molecule has 144 valence electrons. The van der Waals surface area contributed by atoms with E-state index in [1.807, 2.05) is 36.4 Å². The molecule has 0 aliphatic heterocycles. The van der Waals surface area contributed by atoms with Crippen LogP contribution in [0.5, 0.6) is 0 Å². The molecule has 0 fully saturated rings. The molecular weight excluding hydrogens is 392 g/mol. The number of aryl methyl sites for hydroxylation is 1. The van der Waals surface area contributed by atoms with E-state index in [0.29, 0.717) is 29.0 Å². The summed E-state index contributed by atoms with van der Waals surface area (Å²) in [6.45, 7) is 3.16. The van der Waals surface area contributed by atoms with Gasteiger partial charge in [0, 0.05) is 18.1 Å². The summed E-state index contributed by atoms with van der Waals surface area (Å²) in [5.74, 6) is 0.899. The van der Waals surface area contributed by atoms with Crippen molar-refractivity contribution in [1.29, 1.82) is 0 Å². The van der Waals surface area contributed by atoms with Crippen LogP contribution in [0.1, 0.15) is 16.7 Å². The summed E-state index contributed by atoms with van der Waals surface area (Å²) < 4.78 is 0. The average Bonchev–Trinajstić information content (AvgIpc) is 2.72. The zero-order chi connectivity index (χ0) is 19.8. The highest BCUT2D eigenvalue weighted by Gasteiger charge is 2.06. The number of aromatic nitrogens is 2. The van der Waals surface area contributed by atoms with Gasteiger partial charge < -0.3 is 10.6 Å². The van der Waals surface area contributed by atoms with Crippen LogP contribution in [0.25, 0.3) is 0 Å². The van der Waals surface area contributed by atoms with Crippen LogP contribution in [0.2, 0.25) is 5.02 Å². The zero-order valence-electron chi connectivity index (χ0n) is 15.5. The Labute approximate surface area is 173 Å². The zero-order valence-corrected chi connectivity index (χ0v) is 17.1. The van der Waals surface area contributed by atoms with Gasteiger partial charge in [-0.15, -0.1) is 10.2 Å². The molecule has 0 aliphatic rings. The first-order chi connectivity index (χ1) is 13.6. The van der Waals surface area contributed by atoms with Crippen LogP contribution in [-0.4, -0.2) is 21.9 Å². The summed E-state index contributed by atoms with van der Waals surface area (Å²) >= 11 is 7.43. The van der Waals surface area contributed by atoms with Gasteiger partial charge in [0.1, 0.15) is 10.8 Å². The Kier molecular flexibility index (Phi) is 7.28. The number of amides is 1. The molecule has 0 saturated carbocycles. The van der Waals surface area contributed by atoms with Crippen LogP contribution in [-0.2, 0) is 17.9 Å². The Balaban J connectivity index is 1.41. The normalized spacial score (nSPS) is 10.5. The number of anilines is 1. The lowest BCUT2D eigenvalue weighted by molar-refractivity contribution is -0.118. The molecule has 1 aromatic heterocycles. The lowest BCUT2D eigenvalue weighted by Crippen LogP contribution is -2.24. The number of hydrogen-bond acceptors (Lipinski definition) is 5. The molecule has 0 aliphatic carbocycles. The first-order valence-electron chi connectivity index (χ1n) is 8.86. The van der Waals surface area contributed by atoms with Crippen LogP contribution in [0.15, 0.2) is 65.7 Å². The second-order valence-electron chi connectivity index (χ2n) is 6.25. The predicted molar refractivity (Wildman–Crippen MR) is 115 cm³/mol. The molecule has 2 N–H and O–H groups in total. The van der Waals surface area contributed by atoms with Crippen LogP contribution in [0.4, 0.5) is 5.82 Å². The van der Waals surface area contributed by atoms with E-state index in [1.54, 1.807) is 0 Å². The van der Waals surface area contributed by atoms with Crippen molar-refractivity contribution in [2.45, 2.75) is 25.0 Å².